The van der Waals surface area contributed by atoms with E-state index in [1.165, 1.54) is 0 Å². The lowest BCUT2D eigenvalue weighted by Crippen LogP contribution is -2.87. The molecule has 1 fully saturated rings. The summed E-state index contributed by atoms with van der Waals surface area (Å²) in [6.07, 6.45) is 0. The van der Waals surface area contributed by atoms with Crippen molar-refractivity contribution < 1.29 is 62.9 Å². The van der Waals surface area contributed by atoms with Crippen molar-refractivity contribution in [2.75, 3.05) is 7.11 Å². The fourth-order valence-corrected chi connectivity index (χ4v) is 3.21. The minimum atomic E-state index is -7.42. The van der Waals surface area contributed by atoms with Gasteiger partial charge < -0.3 is 9.84 Å². The quantitative estimate of drug-likeness (QED) is 0.531. The molecule has 1 unspecified atom stereocenters. The van der Waals surface area contributed by atoms with Crippen LogP contribution in [0.1, 0.15) is 22.8 Å². The molecule has 0 saturated heterocycles. The molecule has 1 saturated carbocycles. The van der Waals surface area contributed by atoms with Crippen LogP contribution in [0.25, 0.3) is 0 Å². The van der Waals surface area contributed by atoms with E-state index in [-0.39, 0.29) is 6.92 Å². The Morgan fingerprint density at radius 3 is 1.57 bits per heavy atom. The lowest BCUT2D eigenvalue weighted by atomic mass is 9.62. The van der Waals surface area contributed by atoms with E-state index in [1.807, 2.05) is 0 Å². The van der Waals surface area contributed by atoms with Crippen molar-refractivity contribution in [1.29, 1.82) is 0 Å². The van der Waals surface area contributed by atoms with Crippen LogP contribution < -0.4 is 0 Å². The van der Waals surface area contributed by atoms with Gasteiger partial charge in [-0.15, -0.1) is 0 Å². The Kier molecular flexibility index (Phi) is 4.99. The molecule has 0 aliphatic heterocycles. The molecule has 3 nitrogen and oxygen atoms in total. The van der Waals surface area contributed by atoms with Gasteiger partial charge in [-0.1, -0.05) is 18.2 Å². The van der Waals surface area contributed by atoms with Crippen molar-refractivity contribution in [3.8, 4) is 0 Å². The molecule has 0 amide bonds. The van der Waals surface area contributed by atoms with Gasteiger partial charge in [-0.3, -0.25) is 0 Å². The van der Waals surface area contributed by atoms with Gasteiger partial charge in [-0.2, -0.15) is 43.9 Å². The Morgan fingerprint density at radius 1 is 0.800 bits per heavy atom. The molecular weight excluding hydrogens is 449 g/mol. The number of aliphatic hydroxyl groups is 1. The number of carbonyl (C=O) groups excluding carboxylic acids is 1. The lowest BCUT2D eigenvalue weighted by Gasteiger charge is -2.56. The van der Waals surface area contributed by atoms with Gasteiger partial charge in [0.25, 0.3) is 5.67 Å². The zero-order valence-corrected chi connectivity index (χ0v) is 14.7. The van der Waals surface area contributed by atoms with Crippen LogP contribution in [-0.4, -0.2) is 53.5 Å². The molecule has 1 atom stereocenters. The predicted octanol–water partition coefficient (Wildman–Crippen LogP) is 4.58. The van der Waals surface area contributed by atoms with Crippen LogP contribution in [0, 0.1) is 0 Å². The Bertz CT molecular complexity index is 834. The summed E-state index contributed by atoms with van der Waals surface area (Å²) in [6, 6.07) is 2.49. The van der Waals surface area contributed by atoms with Crippen molar-refractivity contribution in [3.63, 3.8) is 0 Å². The fraction of sp³-hybridized carbons (Fsp3) is 0.562. The largest absolute Gasteiger partial charge is 0.465 e. The number of benzene rings is 1. The van der Waals surface area contributed by atoms with Gasteiger partial charge in [0.15, 0.2) is 0 Å². The van der Waals surface area contributed by atoms with Crippen LogP contribution in [0.4, 0.5) is 48.3 Å². The number of methoxy groups -OCH3 is 1. The highest BCUT2D eigenvalue weighted by atomic mass is 19.4. The summed E-state index contributed by atoms with van der Waals surface area (Å²) in [5.41, 5.74) is -14.2. The molecule has 0 radical (unpaired) electrons. The van der Waals surface area contributed by atoms with E-state index in [2.05, 4.69) is 4.74 Å². The first-order valence-electron chi connectivity index (χ1n) is 7.70. The Morgan fingerprint density at radius 2 is 1.17 bits per heavy atom. The number of esters is 1. The van der Waals surface area contributed by atoms with Gasteiger partial charge in [0.2, 0.25) is 0 Å². The molecule has 1 aromatic rings. The van der Waals surface area contributed by atoms with Gasteiger partial charge in [-0.25, -0.2) is 9.18 Å². The zero-order chi connectivity index (χ0) is 23.8. The maximum absolute atomic E-state index is 15.3. The molecule has 30 heavy (non-hydrogen) atoms. The molecule has 0 bridgehead atoms. The number of alkyl halides is 11. The summed E-state index contributed by atoms with van der Waals surface area (Å²) >= 11 is 0. The first-order valence-corrected chi connectivity index (χ1v) is 7.70. The monoisotopic (exact) mass is 460 g/mol. The summed E-state index contributed by atoms with van der Waals surface area (Å²) in [5, 5.41) is 10.2. The predicted molar refractivity (Wildman–Crippen MR) is 75.9 cm³/mol. The summed E-state index contributed by atoms with van der Waals surface area (Å²) in [5.74, 6) is -38.3. The van der Waals surface area contributed by atoms with Crippen LogP contribution in [0.3, 0.4) is 0 Å². The topological polar surface area (TPSA) is 46.5 Å². The maximum Gasteiger partial charge on any atom is 0.384 e. The fourth-order valence-electron chi connectivity index (χ4n) is 3.21. The van der Waals surface area contributed by atoms with Crippen LogP contribution in [-0.2, 0) is 10.3 Å². The summed E-state index contributed by atoms with van der Waals surface area (Å²) in [7, 11) is 0.658. The van der Waals surface area contributed by atoms with E-state index in [0.29, 0.717) is 25.3 Å². The number of hydrogen-bond donors (Lipinski definition) is 1. The normalized spacial score (nSPS) is 27.0. The van der Waals surface area contributed by atoms with E-state index in [1.54, 1.807) is 0 Å². The summed E-state index contributed by atoms with van der Waals surface area (Å²) in [4.78, 5) is 11.7. The van der Waals surface area contributed by atoms with E-state index in [0.717, 1.165) is 6.07 Å². The van der Waals surface area contributed by atoms with Gasteiger partial charge >= 0.3 is 35.6 Å². The molecule has 1 aliphatic carbocycles. The number of ether oxygens (including phenoxy) is 1. The Hall–Kier alpha value is -2.12. The van der Waals surface area contributed by atoms with Crippen molar-refractivity contribution in [1.82, 2.24) is 0 Å². The number of halogens is 11. The molecule has 0 spiro atoms. The van der Waals surface area contributed by atoms with Crippen molar-refractivity contribution in [2.24, 2.45) is 0 Å². The van der Waals surface area contributed by atoms with E-state index in [9.17, 15) is 53.8 Å². The van der Waals surface area contributed by atoms with Crippen LogP contribution in [0.5, 0.6) is 0 Å². The van der Waals surface area contributed by atoms with E-state index >= 15 is 4.39 Å². The van der Waals surface area contributed by atoms with Crippen LogP contribution in [0.2, 0.25) is 0 Å². The summed E-state index contributed by atoms with van der Waals surface area (Å²) in [6.45, 7) is -0.355. The third kappa shape index (κ3) is 2.28. The van der Waals surface area contributed by atoms with Crippen molar-refractivity contribution in [2.45, 2.75) is 47.8 Å². The number of hydrogen-bond acceptors (Lipinski definition) is 3. The van der Waals surface area contributed by atoms with Crippen molar-refractivity contribution >= 4 is 5.97 Å². The SMILES string of the molecule is COC(=O)c1ccccc1C(C)(O)C1(F)C(F)(F)C(F)(F)C(F)(F)C(F)(F)C1(F)F. The highest BCUT2D eigenvalue weighted by Gasteiger charge is 3.03. The molecule has 0 heterocycles. The second-order valence-electron chi connectivity index (χ2n) is 6.64. The zero-order valence-electron chi connectivity index (χ0n) is 14.7. The third-order valence-electron chi connectivity index (χ3n) is 4.97. The first-order chi connectivity index (χ1) is 13.2. The second-order valence-corrected chi connectivity index (χ2v) is 6.64. The van der Waals surface area contributed by atoms with Crippen molar-refractivity contribution in [3.05, 3.63) is 35.4 Å². The summed E-state index contributed by atoms with van der Waals surface area (Å²) < 4.78 is 158. The molecule has 0 aromatic heterocycles. The third-order valence-corrected chi connectivity index (χ3v) is 4.97. The standard InChI is InChI=1S/C16H11F11O3/c1-10(29,8-6-4-3-5-7(8)9(28)30-2)11(17)12(18,19)14(22,23)16(26,27)15(24,25)13(11,20)21/h3-6,29H,1-2H3. The Labute approximate surface area is 160 Å². The molecule has 14 heteroatoms. The number of rotatable bonds is 3. The van der Waals surface area contributed by atoms with E-state index < -0.39 is 58.0 Å². The van der Waals surface area contributed by atoms with Crippen LogP contribution >= 0.6 is 0 Å². The Balaban J connectivity index is 2.99. The highest BCUT2D eigenvalue weighted by Crippen LogP contribution is 2.72. The smallest absolute Gasteiger partial charge is 0.384 e. The van der Waals surface area contributed by atoms with Crippen LogP contribution in [0.15, 0.2) is 24.3 Å². The maximum atomic E-state index is 15.3. The minimum absolute atomic E-state index is 0.294. The molecule has 1 aromatic carbocycles. The molecule has 170 valence electrons. The second kappa shape index (κ2) is 6.20. The average Bonchev–Trinajstić information content (AvgIpc) is 2.64. The molecule has 2 rings (SSSR count). The first kappa shape index (κ1) is 24.2. The van der Waals surface area contributed by atoms with Gasteiger partial charge in [0, 0.05) is 5.56 Å². The highest BCUT2D eigenvalue weighted by molar-refractivity contribution is 5.91. The van der Waals surface area contributed by atoms with Gasteiger partial charge in [-0.05, 0) is 13.0 Å². The average molecular weight is 460 g/mol. The molecule has 1 N–H and O–H groups in total. The van der Waals surface area contributed by atoms with Gasteiger partial charge in [0.1, 0.15) is 5.60 Å². The number of carbonyl (C=O) groups is 1. The van der Waals surface area contributed by atoms with Gasteiger partial charge in [0.05, 0.1) is 12.7 Å². The van der Waals surface area contributed by atoms with E-state index in [4.69, 9.17) is 0 Å². The lowest BCUT2D eigenvalue weighted by molar-refractivity contribution is -0.502. The molecule has 1 aliphatic rings. The molecular formula is C16H11F11O3. The minimum Gasteiger partial charge on any atom is -0.465 e.